The maximum Gasteiger partial charge on any atom is 0.407 e. The second-order valence-corrected chi connectivity index (χ2v) is 10.1. The van der Waals surface area contributed by atoms with Gasteiger partial charge in [-0.25, -0.2) is 4.79 Å². The van der Waals surface area contributed by atoms with Crippen LogP contribution < -0.4 is 5.32 Å². The fraction of sp³-hybridized carbons (Fsp3) is 0.464. The SMILES string of the molecule is O=C(O)C[C@@H]1CCCN1C(=O)CC1CC(CNC(=O)OCC2c3ccccc3-c3ccccc32)C1. The number of carboxylic acids is 1. The monoisotopic (exact) mass is 476 g/mol. The summed E-state index contributed by atoms with van der Waals surface area (Å²) < 4.78 is 5.60. The quantitative estimate of drug-likeness (QED) is 0.589. The Morgan fingerprint density at radius 1 is 0.943 bits per heavy atom. The third-order valence-electron chi connectivity index (χ3n) is 7.78. The van der Waals surface area contributed by atoms with Crippen LogP contribution >= 0.6 is 0 Å². The highest BCUT2D eigenvalue weighted by Gasteiger charge is 2.36. The molecule has 0 spiro atoms. The maximum absolute atomic E-state index is 12.6. The number of carbonyl (C=O) groups excluding carboxylic acids is 2. The molecule has 5 rings (SSSR count). The number of nitrogens with one attached hydrogen (secondary N) is 1. The summed E-state index contributed by atoms with van der Waals surface area (Å²) >= 11 is 0. The van der Waals surface area contributed by atoms with Gasteiger partial charge in [-0.2, -0.15) is 0 Å². The molecule has 2 fully saturated rings. The highest BCUT2D eigenvalue weighted by atomic mass is 16.5. The number of benzene rings is 2. The Balaban J connectivity index is 1.04. The van der Waals surface area contributed by atoms with Crippen LogP contribution in [-0.4, -0.2) is 53.7 Å². The van der Waals surface area contributed by atoms with E-state index in [1.807, 2.05) is 24.3 Å². The summed E-state index contributed by atoms with van der Waals surface area (Å²) in [5, 5.41) is 11.9. The van der Waals surface area contributed by atoms with E-state index < -0.39 is 12.1 Å². The fourth-order valence-corrected chi connectivity index (χ4v) is 6.03. The molecular weight excluding hydrogens is 444 g/mol. The van der Waals surface area contributed by atoms with Gasteiger partial charge < -0.3 is 20.1 Å². The van der Waals surface area contributed by atoms with E-state index in [2.05, 4.69) is 29.6 Å². The highest BCUT2D eigenvalue weighted by Crippen LogP contribution is 2.44. The lowest BCUT2D eigenvalue weighted by molar-refractivity contribution is -0.140. The summed E-state index contributed by atoms with van der Waals surface area (Å²) in [7, 11) is 0. The molecule has 35 heavy (non-hydrogen) atoms. The molecular formula is C28H32N2O5. The van der Waals surface area contributed by atoms with Gasteiger partial charge in [0.15, 0.2) is 0 Å². The van der Waals surface area contributed by atoms with Crippen LogP contribution in [0.2, 0.25) is 0 Å². The van der Waals surface area contributed by atoms with Gasteiger partial charge in [-0.05, 0) is 59.8 Å². The van der Waals surface area contributed by atoms with Crippen molar-refractivity contribution in [3.8, 4) is 11.1 Å². The lowest BCUT2D eigenvalue weighted by atomic mass is 9.73. The van der Waals surface area contributed by atoms with Gasteiger partial charge in [0, 0.05) is 31.5 Å². The van der Waals surface area contributed by atoms with Crippen LogP contribution in [-0.2, 0) is 14.3 Å². The Labute approximate surface area is 205 Å². The predicted molar refractivity (Wildman–Crippen MR) is 131 cm³/mol. The van der Waals surface area contributed by atoms with Crippen molar-refractivity contribution in [3.63, 3.8) is 0 Å². The molecule has 1 saturated carbocycles. The molecule has 2 N–H and O–H groups in total. The van der Waals surface area contributed by atoms with Gasteiger partial charge in [0.25, 0.3) is 0 Å². The number of fused-ring (bicyclic) bond motifs is 3. The van der Waals surface area contributed by atoms with E-state index >= 15 is 0 Å². The standard InChI is InChI=1S/C28H32N2O5/c31-26(30-11-5-6-20(30)15-27(32)33)14-18-12-19(13-18)16-29-28(34)35-17-25-23-9-3-1-7-21(23)22-8-2-4-10-24(22)25/h1-4,7-10,18-20,25H,5-6,11-17H2,(H,29,34)(H,32,33)/t18?,19?,20-/m0/s1. The van der Waals surface area contributed by atoms with Gasteiger partial charge in [0.2, 0.25) is 5.91 Å². The first-order valence-corrected chi connectivity index (χ1v) is 12.6. The summed E-state index contributed by atoms with van der Waals surface area (Å²) in [6.45, 7) is 1.51. The lowest BCUT2D eigenvalue weighted by Gasteiger charge is -2.36. The average Bonchev–Trinajstić information content (AvgIpc) is 3.41. The summed E-state index contributed by atoms with van der Waals surface area (Å²) in [6.07, 6.45) is 3.54. The van der Waals surface area contributed by atoms with Gasteiger partial charge in [-0.3, -0.25) is 9.59 Å². The largest absolute Gasteiger partial charge is 0.481 e. The molecule has 1 heterocycles. The van der Waals surface area contributed by atoms with E-state index in [9.17, 15) is 14.4 Å². The topological polar surface area (TPSA) is 95.9 Å². The van der Waals surface area contributed by atoms with Gasteiger partial charge in [-0.15, -0.1) is 0 Å². The van der Waals surface area contributed by atoms with Gasteiger partial charge in [0.05, 0.1) is 6.42 Å². The van der Waals surface area contributed by atoms with Crippen LogP contribution in [0.3, 0.4) is 0 Å². The number of hydrogen-bond acceptors (Lipinski definition) is 4. The first kappa shape index (κ1) is 23.4. The minimum Gasteiger partial charge on any atom is -0.481 e. The summed E-state index contributed by atoms with van der Waals surface area (Å²) in [5.41, 5.74) is 4.79. The third-order valence-corrected chi connectivity index (χ3v) is 7.78. The molecule has 1 aliphatic heterocycles. The van der Waals surface area contributed by atoms with E-state index in [-0.39, 0.29) is 24.3 Å². The number of rotatable bonds is 8. The molecule has 3 aliphatic rings. The second kappa shape index (κ2) is 10.1. The molecule has 2 aromatic rings. The Bertz CT molecular complexity index is 1060. The van der Waals surface area contributed by atoms with Crippen molar-refractivity contribution in [1.82, 2.24) is 10.2 Å². The first-order valence-electron chi connectivity index (χ1n) is 12.6. The Morgan fingerprint density at radius 2 is 1.60 bits per heavy atom. The molecule has 0 bridgehead atoms. The number of nitrogens with zero attached hydrogens (tertiary/aromatic N) is 1. The van der Waals surface area contributed by atoms with Crippen LogP contribution in [0.1, 0.15) is 55.6 Å². The predicted octanol–water partition coefficient (Wildman–Crippen LogP) is 4.41. The average molecular weight is 477 g/mol. The molecule has 2 aromatic carbocycles. The molecule has 0 unspecified atom stereocenters. The van der Waals surface area contributed by atoms with Crippen molar-refractivity contribution in [2.45, 2.75) is 50.5 Å². The molecule has 0 aromatic heterocycles. The number of amides is 2. The zero-order valence-electron chi connectivity index (χ0n) is 19.8. The molecule has 0 radical (unpaired) electrons. The second-order valence-electron chi connectivity index (χ2n) is 10.1. The van der Waals surface area contributed by atoms with Crippen LogP contribution in [0.15, 0.2) is 48.5 Å². The number of hydrogen-bond donors (Lipinski definition) is 2. The zero-order valence-corrected chi connectivity index (χ0v) is 19.8. The summed E-state index contributed by atoms with van der Waals surface area (Å²) in [5.74, 6) is -0.0771. The van der Waals surface area contributed by atoms with Crippen molar-refractivity contribution < 1.29 is 24.2 Å². The summed E-state index contributed by atoms with van der Waals surface area (Å²) in [6, 6.07) is 16.4. The molecule has 7 nitrogen and oxygen atoms in total. The van der Waals surface area contributed by atoms with Crippen LogP contribution in [0.4, 0.5) is 4.79 Å². The molecule has 2 amide bonds. The van der Waals surface area contributed by atoms with E-state index in [4.69, 9.17) is 9.84 Å². The molecule has 184 valence electrons. The number of alkyl carbamates (subject to hydrolysis) is 1. The lowest BCUT2D eigenvalue weighted by Crippen LogP contribution is -2.41. The van der Waals surface area contributed by atoms with Crippen LogP contribution in [0, 0.1) is 11.8 Å². The van der Waals surface area contributed by atoms with Crippen molar-refractivity contribution in [1.29, 1.82) is 0 Å². The Morgan fingerprint density at radius 3 is 2.26 bits per heavy atom. The van der Waals surface area contributed by atoms with E-state index in [1.54, 1.807) is 4.90 Å². The Kier molecular flexibility index (Phi) is 6.75. The van der Waals surface area contributed by atoms with Crippen LogP contribution in [0.5, 0.6) is 0 Å². The minimum absolute atomic E-state index is 0.0308. The number of likely N-dealkylation sites (tertiary alicyclic amines) is 1. The number of ether oxygens (including phenoxy) is 1. The van der Waals surface area contributed by atoms with E-state index in [0.29, 0.717) is 38.0 Å². The van der Waals surface area contributed by atoms with Crippen LogP contribution in [0.25, 0.3) is 11.1 Å². The number of carboxylic acid groups (broad SMARTS) is 1. The van der Waals surface area contributed by atoms with Gasteiger partial charge in [-0.1, -0.05) is 48.5 Å². The first-order chi connectivity index (χ1) is 17.0. The molecule has 2 aliphatic carbocycles. The maximum atomic E-state index is 12.6. The summed E-state index contributed by atoms with van der Waals surface area (Å²) in [4.78, 5) is 37.8. The van der Waals surface area contributed by atoms with Crippen molar-refractivity contribution >= 4 is 18.0 Å². The number of aliphatic carboxylic acids is 1. The normalized spacial score (nSPS) is 22.7. The highest BCUT2D eigenvalue weighted by molar-refractivity contribution is 5.79. The molecule has 1 saturated heterocycles. The van der Waals surface area contributed by atoms with Gasteiger partial charge in [0.1, 0.15) is 6.61 Å². The minimum atomic E-state index is -0.849. The third kappa shape index (κ3) is 5.04. The van der Waals surface area contributed by atoms with Crippen molar-refractivity contribution in [2.24, 2.45) is 11.8 Å². The van der Waals surface area contributed by atoms with Crippen molar-refractivity contribution in [2.75, 3.05) is 19.7 Å². The van der Waals surface area contributed by atoms with E-state index in [0.717, 1.165) is 25.7 Å². The molecule has 1 atom stereocenters. The zero-order chi connectivity index (χ0) is 24.4. The van der Waals surface area contributed by atoms with E-state index in [1.165, 1.54) is 22.3 Å². The smallest absolute Gasteiger partial charge is 0.407 e. The number of carbonyl (C=O) groups is 3. The molecule has 7 heteroatoms. The fourth-order valence-electron chi connectivity index (χ4n) is 6.03. The Hall–Kier alpha value is -3.35. The van der Waals surface area contributed by atoms with Crippen molar-refractivity contribution in [3.05, 3.63) is 59.7 Å². The van der Waals surface area contributed by atoms with Gasteiger partial charge >= 0.3 is 12.1 Å².